The molecule has 2 aromatic carbocycles. The second-order valence-corrected chi connectivity index (χ2v) is 6.84. The number of urea groups is 1. The Bertz CT molecular complexity index is 869. The lowest BCUT2D eigenvalue weighted by molar-refractivity contribution is -0.130. The molecule has 7 heteroatoms. The van der Waals surface area contributed by atoms with Gasteiger partial charge in [0.1, 0.15) is 18.3 Å². The van der Waals surface area contributed by atoms with Crippen LogP contribution >= 0.6 is 0 Å². The molecule has 0 radical (unpaired) electrons. The van der Waals surface area contributed by atoms with Gasteiger partial charge in [0.15, 0.2) is 0 Å². The molecule has 0 bridgehead atoms. The first kappa shape index (κ1) is 20.4. The van der Waals surface area contributed by atoms with Gasteiger partial charge in [0.2, 0.25) is 5.91 Å². The van der Waals surface area contributed by atoms with Crippen molar-refractivity contribution in [2.75, 3.05) is 18.5 Å². The predicted octanol–water partition coefficient (Wildman–Crippen LogP) is 2.97. The number of benzene rings is 2. The zero-order valence-corrected chi connectivity index (χ0v) is 16.4. The van der Waals surface area contributed by atoms with Crippen LogP contribution in [0.15, 0.2) is 54.6 Å². The van der Waals surface area contributed by atoms with Crippen molar-refractivity contribution in [3.63, 3.8) is 0 Å². The molecule has 0 unspecified atom stereocenters. The first-order valence-corrected chi connectivity index (χ1v) is 9.76. The van der Waals surface area contributed by atoms with Crippen LogP contribution in [0.3, 0.4) is 0 Å². The molecular weight excluding hydrogens is 370 g/mol. The first-order chi connectivity index (χ1) is 14.1. The number of nitrogens with zero attached hydrogens (tertiary/aromatic N) is 1. The Labute approximate surface area is 170 Å². The van der Waals surface area contributed by atoms with Gasteiger partial charge in [0.05, 0.1) is 12.3 Å². The number of imide groups is 1. The Morgan fingerprint density at radius 2 is 1.83 bits per heavy atom. The Hall–Kier alpha value is -3.35. The van der Waals surface area contributed by atoms with Crippen molar-refractivity contribution in [3.05, 3.63) is 60.2 Å². The molecule has 3 rings (SSSR count). The third-order valence-electron chi connectivity index (χ3n) is 4.60. The second kappa shape index (κ2) is 9.73. The fraction of sp³-hybridized carbons (Fsp3) is 0.318. The number of hydrogen-bond acceptors (Lipinski definition) is 4. The number of anilines is 1. The number of amides is 4. The maximum absolute atomic E-state index is 12.6. The minimum absolute atomic E-state index is 0.339. The van der Waals surface area contributed by atoms with E-state index in [-0.39, 0.29) is 12.5 Å². The lowest BCUT2D eigenvalue weighted by Gasteiger charge is -2.15. The van der Waals surface area contributed by atoms with Crippen molar-refractivity contribution in [1.29, 1.82) is 0 Å². The van der Waals surface area contributed by atoms with E-state index >= 15 is 0 Å². The lowest BCUT2D eigenvalue weighted by Crippen LogP contribution is -2.38. The van der Waals surface area contributed by atoms with Crippen molar-refractivity contribution in [1.82, 2.24) is 10.2 Å². The van der Waals surface area contributed by atoms with Crippen LogP contribution in [0, 0.1) is 0 Å². The highest BCUT2D eigenvalue weighted by Gasteiger charge is 2.38. The number of nitrogens with one attached hydrogen (secondary N) is 2. The summed E-state index contributed by atoms with van der Waals surface area (Å²) in [5.41, 5.74) is 1.60. The molecule has 1 heterocycles. The topological polar surface area (TPSA) is 87.7 Å². The van der Waals surface area contributed by atoms with E-state index in [1.165, 1.54) is 0 Å². The fourth-order valence-corrected chi connectivity index (χ4v) is 3.12. The van der Waals surface area contributed by atoms with Crippen LogP contribution in [0.25, 0.3) is 0 Å². The number of rotatable bonds is 9. The monoisotopic (exact) mass is 395 g/mol. The van der Waals surface area contributed by atoms with Crippen LogP contribution in [0.2, 0.25) is 0 Å². The molecule has 1 aliphatic rings. The van der Waals surface area contributed by atoms with Crippen LogP contribution in [0.5, 0.6) is 5.75 Å². The predicted molar refractivity (Wildman–Crippen MR) is 110 cm³/mol. The molecule has 0 aromatic heterocycles. The molecule has 29 heavy (non-hydrogen) atoms. The molecule has 1 fully saturated rings. The molecule has 0 aliphatic carbocycles. The molecule has 1 saturated heterocycles. The van der Waals surface area contributed by atoms with E-state index in [1.54, 1.807) is 18.2 Å². The number of hydrogen-bond donors (Lipinski definition) is 2. The summed E-state index contributed by atoms with van der Waals surface area (Å²) in [6, 6.07) is 15.7. The van der Waals surface area contributed by atoms with E-state index in [0.29, 0.717) is 30.9 Å². The first-order valence-electron chi connectivity index (χ1n) is 9.76. The van der Waals surface area contributed by atoms with E-state index in [1.807, 2.05) is 43.3 Å². The third kappa shape index (κ3) is 5.34. The van der Waals surface area contributed by atoms with Gasteiger partial charge in [0, 0.05) is 0 Å². The maximum Gasteiger partial charge on any atom is 0.325 e. The molecular formula is C22H25N3O4. The van der Waals surface area contributed by atoms with E-state index in [4.69, 9.17) is 4.74 Å². The number of ether oxygens (including phenoxy) is 1. The minimum Gasteiger partial charge on any atom is -0.491 e. The van der Waals surface area contributed by atoms with Crippen molar-refractivity contribution in [2.24, 2.45) is 0 Å². The van der Waals surface area contributed by atoms with Gasteiger partial charge in [-0.3, -0.25) is 14.5 Å². The highest BCUT2D eigenvalue weighted by atomic mass is 16.5. The molecule has 1 atom stereocenters. The fourth-order valence-electron chi connectivity index (χ4n) is 3.12. The molecule has 152 valence electrons. The molecule has 0 spiro atoms. The summed E-state index contributed by atoms with van der Waals surface area (Å²) in [6.07, 6.45) is 2.00. The largest absolute Gasteiger partial charge is 0.491 e. The number of carbonyl (C=O) groups is 3. The Morgan fingerprint density at radius 1 is 1.10 bits per heavy atom. The maximum atomic E-state index is 12.6. The average molecular weight is 395 g/mol. The van der Waals surface area contributed by atoms with Crippen molar-refractivity contribution < 1.29 is 19.1 Å². The SMILES string of the molecule is CCCOc1ccccc1NC(=O)CN1C(=O)N[C@@H](CCc2ccccc2)C1=O. The lowest BCUT2D eigenvalue weighted by atomic mass is 10.1. The number of carbonyl (C=O) groups excluding carboxylic acids is 3. The molecule has 4 amide bonds. The van der Waals surface area contributed by atoms with Gasteiger partial charge in [-0.15, -0.1) is 0 Å². The summed E-state index contributed by atoms with van der Waals surface area (Å²) in [5, 5.41) is 5.39. The van der Waals surface area contributed by atoms with Crippen molar-refractivity contribution in [3.8, 4) is 5.75 Å². The molecule has 1 aliphatic heterocycles. The van der Waals surface area contributed by atoms with Gasteiger partial charge >= 0.3 is 6.03 Å². The number of para-hydroxylation sites is 2. The summed E-state index contributed by atoms with van der Waals surface area (Å²) in [4.78, 5) is 38.2. The third-order valence-corrected chi connectivity index (χ3v) is 4.60. The van der Waals surface area contributed by atoms with E-state index in [0.717, 1.165) is 16.9 Å². The summed E-state index contributed by atoms with van der Waals surface area (Å²) in [7, 11) is 0. The zero-order chi connectivity index (χ0) is 20.6. The Balaban J connectivity index is 1.56. The van der Waals surface area contributed by atoms with Gasteiger partial charge in [-0.05, 0) is 37.0 Å². The van der Waals surface area contributed by atoms with E-state index in [2.05, 4.69) is 10.6 Å². The van der Waals surface area contributed by atoms with Gasteiger partial charge in [-0.25, -0.2) is 4.79 Å². The smallest absolute Gasteiger partial charge is 0.325 e. The van der Waals surface area contributed by atoms with Gasteiger partial charge in [0.25, 0.3) is 5.91 Å². The highest BCUT2D eigenvalue weighted by Crippen LogP contribution is 2.24. The van der Waals surface area contributed by atoms with Crippen LogP contribution in [-0.4, -0.2) is 41.9 Å². The van der Waals surface area contributed by atoms with Gasteiger partial charge in [-0.1, -0.05) is 49.4 Å². The van der Waals surface area contributed by atoms with Crippen LogP contribution in [0.1, 0.15) is 25.3 Å². The van der Waals surface area contributed by atoms with Crippen LogP contribution in [0.4, 0.5) is 10.5 Å². The quantitative estimate of drug-likeness (QED) is 0.639. The molecule has 7 nitrogen and oxygen atoms in total. The minimum atomic E-state index is -0.615. The van der Waals surface area contributed by atoms with E-state index in [9.17, 15) is 14.4 Å². The van der Waals surface area contributed by atoms with Crippen molar-refractivity contribution in [2.45, 2.75) is 32.2 Å². The Kier molecular flexibility index (Phi) is 6.84. The standard InChI is InChI=1S/C22H25N3O4/c1-2-14-29-19-11-7-6-10-17(19)23-20(26)15-25-21(27)18(24-22(25)28)13-12-16-8-4-3-5-9-16/h3-11,18H,2,12-15H2,1H3,(H,23,26)(H,24,28)/t18-/m0/s1. The van der Waals surface area contributed by atoms with Crippen LogP contribution in [-0.2, 0) is 16.0 Å². The molecule has 2 N–H and O–H groups in total. The summed E-state index contributed by atoms with van der Waals surface area (Å²) < 4.78 is 5.62. The van der Waals surface area contributed by atoms with Gasteiger partial charge < -0.3 is 15.4 Å². The Morgan fingerprint density at radius 3 is 2.59 bits per heavy atom. The number of aryl methyl sites for hydroxylation is 1. The normalized spacial score (nSPS) is 15.9. The van der Waals surface area contributed by atoms with Crippen molar-refractivity contribution >= 4 is 23.5 Å². The van der Waals surface area contributed by atoms with Gasteiger partial charge in [-0.2, -0.15) is 0 Å². The summed E-state index contributed by atoms with van der Waals surface area (Å²) in [5.74, 6) is -0.276. The van der Waals surface area contributed by atoms with E-state index < -0.39 is 18.0 Å². The summed E-state index contributed by atoms with van der Waals surface area (Å²) >= 11 is 0. The molecule has 2 aromatic rings. The van der Waals surface area contributed by atoms with Crippen LogP contribution < -0.4 is 15.4 Å². The summed E-state index contributed by atoms with van der Waals surface area (Å²) in [6.45, 7) is 2.19. The zero-order valence-electron chi connectivity index (χ0n) is 16.4. The average Bonchev–Trinajstić information content (AvgIpc) is 3.00. The molecule has 0 saturated carbocycles. The second-order valence-electron chi connectivity index (χ2n) is 6.84. The highest BCUT2D eigenvalue weighted by molar-refractivity contribution is 6.08.